The second-order valence-electron chi connectivity index (χ2n) is 5.68. The van der Waals surface area contributed by atoms with Crippen LogP contribution in [-0.2, 0) is 6.42 Å². The Morgan fingerprint density at radius 3 is 2.33 bits per heavy atom. The Morgan fingerprint density at radius 2 is 1.67 bits per heavy atom. The monoisotopic (exact) mass is 276 g/mol. The predicted molar refractivity (Wildman–Crippen MR) is 86.9 cm³/mol. The SMILES string of the molecule is CC(C)c1ccc(-n2cnc(Cc3ccccc3)c2)cc1. The lowest BCUT2D eigenvalue weighted by atomic mass is 10.0. The van der Waals surface area contributed by atoms with Gasteiger partial charge in [-0.05, 0) is 29.2 Å². The molecule has 106 valence electrons. The van der Waals surface area contributed by atoms with Crippen LogP contribution in [0.25, 0.3) is 5.69 Å². The lowest BCUT2D eigenvalue weighted by molar-refractivity contribution is 0.865. The van der Waals surface area contributed by atoms with Crippen molar-refractivity contribution >= 4 is 0 Å². The fourth-order valence-electron chi connectivity index (χ4n) is 2.43. The summed E-state index contributed by atoms with van der Waals surface area (Å²) in [6.45, 7) is 4.42. The van der Waals surface area contributed by atoms with E-state index in [1.165, 1.54) is 11.1 Å². The highest BCUT2D eigenvalue weighted by molar-refractivity contribution is 5.36. The van der Waals surface area contributed by atoms with Crippen molar-refractivity contribution in [3.63, 3.8) is 0 Å². The minimum atomic E-state index is 0.565. The number of nitrogens with zero attached hydrogens (tertiary/aromatic N) is 2. The summed E-state index contributed by atoms with van der Waals surface area (Å²) in [5.74, 6) is 0.565. The van der Waals surface area contributed by atoms with Crippen LogP contribution >= 0.6 is 0 Å². The average Bonchev–Trinajstić information content (AvgIpc) is 2.97. The van der Waals surface area contributed by atoms with Crippen molar-refractivity contribution < 1.29 is 0 Å². The normalized spacial score (nSPS) is 11.0. The zero-order valence-corrected chi connectivity index (χ0v) is 12.5. The summed E-state index contributed by atoms with van der Waals surface area (Å²) >= 11 is 0. The zero-order valence-electron chi connectivity index (χ0n) is 12.5. The number of imidazole rings is 1. The highest BCUT2D eigenvalue weighted by Crippen LogP contribution is 2.17. The van der Waals surface area contributed by atoms with Gasteiger partial charge in [-0.2, -0.15) is 0 Å². The molecule has 0 spiro atoms. The van der Waals surface area contributed by atoms with Gasteiger partial charge >= 0.3 is 0 Å². The molecule has 0 saturated carbocycles. The molecule has 0 amide bonds. The first-order valence-electron chi connectivity index (χ1n) is 7.39. The highest BCUT2D eigenvalue weighted by Gasteiger charge is 2.03. The van der Waals surface area contributed by atoms with Gasteiger partial charge in [0.25, 0.3) is 0 Å². The molecule has 0 bridgehead atoms. The van der Waals surface area contributed by atoms with E-state index in [-0.39, 0.29) is 0 Å². The molecule has 2 heteroatoms. The summed E-state index contributed by atoms with van der Waals surface area (Å²) in [5, 5.41) is 0. The number of rotatable bonds is 4. The van der Waals surface area contributed by atoms with Crippen LogP contribution in [0.1, 0.15) is 36.6 Å². The smallest absolute Gasteiger partial charge is 0.0995 e. The van der Waals surface area contributed by atoms with E-state index < -0.39 is 0 Å². The Bertz CT molecular complexity index is 694. The maximum atomic E-state index is 4.51. The fraction of sp³-hybridized carbons (Fsp3) is 0.211. The minimum Gasteiger partial charge on any atom is -0.306 e. The second-order valence-corrected chi connectivity index (χ2v) is 5.68. The van der Waals surface area contributed by atoms with Crippen LogP contribution in [0.4, 0.5) is 0 Å². The van der Waals surface area contributed by atoms with Crippen molar-refractivity contribution in [3.8, 4) is 5.69 Å². The first kappa shape index (κ1) is 13.6. The topological polar surface area (TPSA) is 17.8 Å². The fourth-order valence-corrected chi connectivity index (χ4v) is 2.43. The molecule has 1 heterocycles. The van der Waals surface area contributed by atoms with Crippen LogP contribution in [-0.4, -0.2) is 9.55 Å². The average molecular weight is 276 g/mol. The van der Waals surface area contributed by atoms with Gasteiger partial charge in [-0.15, -0.1) is 0 Å². The van der Waals surface area contributed by atoms with E-state index in [0.29, 0.717) is 5.92 Å². The lowest BCUT2D eigenvalue weighted by Gasteiger charge is -2.07. The Morgan fingerprint density at radius 1 is 0.952 bits per heavy atom. The molecule has 0 fully saturated rings. The maximum absolute atomic E-state index is 4.51. The first-order chi connectivity index (χ1) is 10.2. The maximum Gasteiger partial charge on any atom is 0.0995 e. The van der Waals surface area contributed by atoms with E-state index in [4.69, 9.17) is 0 Å². The van der Waals surface area contributed by atoms with Crippen molar-refractivity contribution in [2.75, 3.05) is 0 Å². The number of hydrogen-bond acceptors (Lipinski definition) is 1. The van der Waals surface area contributed by atoms with Crippen molar-refractivity contribution in [1.29, 1.82) is 0 Å². The molecule has 3 rings (SSSR count). The van der Waals surface area contributed by atoms with Crippen LogP contribution in [0.5, 0.6) is 0 Å². The van der Waals surface area contributed by atoms with Crippen molar-refractivity contribution in [2.24, 2.45) is 0 Å². The first-order valence-corrected chi connectivity index (χ1v) is 7.39. The van der Waals surface area contributed by atoms with Crippen LogP contribution in [0.3, 0.4) is 0 Å². The standard InChI is InChI=1S/C19H20N2/c1-15(2)17-8-10-19(11-9-17)21-13-18(20-14-21)12-16-6-4-3-5-7-16/h3-11,13-15H,12H2,1-2H3. The van der Waals surface area contributed by atoms with E-state index in [0.717, 1.165) is 17.8 Å². The molecule has 2 aromatic carbocycles. The van der Waals surface area contributed by atoms with E-state index in [9.17, 15) is 0 Å². The van der Waals surface area contributed by atoms with Gasteiger partial charge in [-0.25, -0.2) is 4.98 Å². The van der Waals surface area contributed by atoms with Gasteiger partial charge in [-0.3, -0.25) is 0 Å². The zero-order chi connectivity index (χ0) is 14.7. The third-order valence-corrected chi connectivity index (χ3v) is 3.72. The largest absolute Gasteiger partial charge is 0.306 e. The van der Waals surface area contributed by atoms with E-state index >= 15 is 0 Å². The van der Waals surface area contributed by atoms with E-state index in [1.807, 2.05) is 12.4 Å². The third-order valence-electron chi connectivity index (χ3n) is 3.72. The van der Waals surface area contributed by atoms with Gasteiger partial charge in [0.2, 0.25) is 0 Å². The quantitative estimate of drug-likeness (QED) is 0.681. The lowest BCUT2D eigenvalue weighted by Crippen LogP contribution is -1.92. The van der Waals surface area contributed by atoms with Crippen LogP contribution in [0.2, 0.25) is 0 Å². The van der Waals surface area contributed by atoms with Crippen molar-refractivity contribution in [2.45, 2.75) is 26.2 Å². The Kier molecular flexibility index (Phi) is 3.87. The number of hydrogen-bond donors (Lipinski definition) is 0. The molecule has 0 atom stereocenters. The molecule has 21 heavy (non-hydrogen) atoms. The van der Waals surface area contributed by atoms with Gasteiger partial charge in [0.1, 0.15) is 0 Å². The van der Waals surface area contributed by atoms with Gasteiger partial charge in [0.05, 0.1) is 12.0 Å². The Balaban J connectivity index is 1.78. The molecule has 2 nitrogen and oxygen atoms in total. The molecule has 3 aromatic rings. The van der Waals surface area contributed by atoms with E-state index in [1.54, 1.807) is 0 Å². The Labute approximate surface area is 126 Å². The van der Waals surface area contributed by atoms with Gasteiger partial charge in [-0.1, -0.05) is 56.3 Å². The van der Waals surface area contributed by atoms with Crippen LogP contribution in [0.15, 0.2) is 67.1 Å². The number of aromatic nitrogens is 2. The highest BCUT2D eigenvalue weighted by atomic mass is 15.0. The summed E-state index contributed by atoms with van der Waals surface area (Å²) in [6, 6.07) is 19.1. The third kappa shape index (κ3) is 3.22. The molecular formula is C19H20N2. The summed E-state index contributed by atoms with van der Waals surface area (Å²) < 4.78 is 2.09. The summed E-state index contributed by atoms with van der Waals surface area (Å²) in [5.41, 5.74) is 4.90. The van der Waals surface area contributed by atoms with Crippen molar-refractivity contribution in [3.05, 3.63) is 83.9 Å². The second kappa shape index (κ2) is 5.96. The minimum absolute atomic E-state index is 0.565. The number of benzene rings is 2. The molecule has 0 aliphatic carbocycles. The molecule has 1 aromatic heterocycles. The molecule has 0 N–H and O–H groups in total. The van der Waals surface area contributed by atoms with Crippen LogP contribution < -0.4 is 0 Å². The summed E-state index contributed by atoms with van der Waals surface area (Å²) in [7, 11) is 0. The molecule has 0 aliphatic heterocycles. The predicted octanol–water partition coefficient (Wildman–Crippen LogP) is 4.59. The van der Waals surface area contributed by atoms with Gasteiger partial charge in [0.15, 0.2) is 0 Å². The van der Waals surface area contributed by atoms with Crippen molar-refractivity contribution in [1.82, 2.24) is 9.55 Å². The molecular weight excluding hydrogens is 256 g/mol. The Hall–Kier alpha value is -2.35. The van der Waals surface area contributed by atoms with E-state index in [2.05, 4.69) is 78.1 Å². The molecule has 0 radical (unpaired) electrons. The summed E-state index contributed by atoms with van der Waals surface area (Å²) in [6.07, 6.45) is 4.87. The van der Waals surface area contributed by atoms with Gasteiger partial charge in [0, 0.05) is 18.3 Å². The van der Waals surface area contributed by atoms with Crippen LogP contribution in [0, 0.1) is 0 Å². The summed E-state index contributed by atoms with van der Waals surface area (Å²) in [4.78, 5) is 4.51. The molecule has 0 saturated heterocycles. The molecule has 0 unspecified atom stereocenters. The molecule has 0 aliphatic rings. The van der Waals surface area contributed by atoms with Gasteiger partial charge < -0.3 is 4.57 Å².